The van der Waals surface area contributed by atoms with E-state index >= 15 is 0 Å². The van der Waals surface area contributed by atoms with E-state index in [0.29, 0.717) is 9.76 Å². The Bertz CT molecular complexity index is 87.1. The van der Waals surface area contributed by atoms with Crippen LogP contribution in [0, 0.1) is 0 Å². The van der Waals surface area contributed by atoms with Gasteiger partial charge in [0, 0.05) is 4.95 Å². The van der Waals surface area contributed by atoms with Gasteiger partial charge in [-0.25, -0.2) is 0 Å². The average Bonchev–Trinajstić information content (AvgIpc) is 1.91. The molecule has 0 bridgehead atoms. The fraction of sp³-hybridized carbons (Fsp3) is 0.333. The molecule has 0 heterocycles. The monoisotopic (exact) mass is 204 g/mol. The number of hydrogen-bond donors (Lipinski definition) is 0. The van der Waals surface area contributed by atoms with Crippen LogP contribution in [0.5, 0.6) is 0 Å². The van der Waals surface area contributed by atoms with Crippen LogP contribution in [0.1, 0.15) is 0 Å². The highest BCUT2D eigenvalue weighted by molar-refractivity contribution is 9.09. The van der Waals surface area contributed by atoms with Crippen molar-refractivity contribution in [1.29, 1.82) is 0 Å². The molecular formula is C6H9BrOSi. The van der Waals surface area contributed by atoms with Gasteiger partial charge in [-0.2, -0.15) is 0 Å². The van der Waals surface area contributed by atoms with E-state index in [1.165, 1.54) is 0 Å². The predicted molar refractivity (Wildman–Crippen MR) is 44.8 cm³/mol. The first-order valence-corrected chi connectivity index (χ1v) is 4.78. The van der Waals surface area contributed by atoms with Crippen LogP contribution in [0.15, 0.2) is 25.3 Å². The van der Waals surface area contributed by atoms with Gasteiger partial charge in [-0.1, -0.05) is 28.1 Å². The molecule has 0 fully saturated rings. The maximum atomic E-state index is 5.23. The van der Waals surface area contributed by atoms with Gasteiger partial charge in [-0.3, -0.25) is 0 Å². The van der Waals surface area contributed by atoms with Crippen LogP contribution < -0.4 is 0 Å². The lowest BCUT2D eigenvalue weighted by Crippen LogP contribution is -2.10. The summed E-state index contributed by atoms with van der Waals surface area (Å²) in [5, 5.41) is 0. The van der Waals surface area contributed by atoms with Crippen molar-refractivity contribution in [3.63, 3.8) is 0 Å². The van der Waals surface area contributed by atoms with Gasteiger partial charge >= 0.3 is 0 Å². The zero-order chi connectivity index (χ0) is 7.11. The van der Waals surface area contributed by atoms with Gasteiger partial charge in [0.1, 0.15) is 0 Å². The molecule has 0 saturated heterocycles. The SMILES string of the molecule is C=CC(C=C)O[Si]CBr. The third-order valence-electron chi connectivity index (χ3n) is 0.739. The molecule has 2 radical (unpaired) electrons. The summed E-state index contributed by atoms with van der Waals surface area (Å²) in [4.78, 5) is 0.880. The van der Waals surface area contributed by atoms with Gasteiger partial charge in [-0.15, -0.1) is 13.2 Å². The van der Waals surface area contributed by atoms with Crippen molar-refractivity contribution in [1.82, 2.24) is 0 Å². The Morgan fingerprint density at radius 2 is 2.11 bits per heavy atom. The van der Waals surface area contributed by atoms with E-state index in [0.717, 1.165) is 4.95 Å². The van der Waals surface area contributed by atoms with Crippen LogP contribution in [0.2, 0.25) is 0 Å². The summed E-state index contributed by atoms with van der Waals surface area (Å²) in [5.41, 5.74) is 0. The van der Waals surface area contributed by atoms with Gasteiger partial charge in [0.15, 0.2) is 0 Å². The molecule has 0 amide bonds. The highest BCUT2D eigenvalue weighted by atomic mass is 79.9. The van der Waals surface area contributed by atoms with E-state index in [1.54, 1.807) is 12.2 Å². The number of alkyl halides is 1. The van der Waals surface area contributed by atoms with Crippen molar-refractivity contribution in [3.8, 4) is 0 Å². The molecule has 0 aromatic heterocycles. The Balaban J connectivity index is 3.30. The minimum absolute atomic E-state index is 0.0147. The van der Waals surface area contributed by atoms with E-state index in [4.69, 9.17) is 4.43 Å². The average molecular weight is 205 g/mol. The van der Waals surface area contributed by atoms with E-state index in [-0.39, 0.29) is 6.10 Å². The van der Waals surface area contributed by atoms with Crippen molar-refractivity contribution in [3.05, 3.63) is 25.3 Å². The van der Waals surface area contributed by atoms with Crippen LogP contribution in [0.25, 0.3) is 0 Å². The first-order valence-electron chi connectivity index (χ1n) is 2.54. The van der Waals surface area contributed by atoms with Crippen LogP contribution >= 0.6 is 15.9 Å². The van der Waals surface area contributed by atoms with Crippen LogP contribution in [-0.4, -0.2) is 20.8 Å². The second-order valence-electron chi connectivity index (χ2n) is 1.33. The zero-order valence-electron chi connectivity index (χ0n) is 5.14. The topological polar surface area (TPSA) is 9.23 Å². The molecule has 0 aromatic rings. The molecule has 0 aliphatic heterocycles. The molecule has 0 saturated carbocycles. The molecule has 3 heteroatoms. The maximum absolute atomic E-state index is 5.23. The Morgan fingerprint density at radius 3 is 2.44 bits per heavy atom. The van der Waals surface area contributed by atoms with Crippen molar-refractivity contribution in [2.45, 2.75) is 6.10 Å². The molecule has 9 heavy (non-hydrogen) atoms. The highest BCUT2D eigenvalue weighted by Crippen LogP contribution is 1.92. The van der Waals surface area contributed by atoms with Crippen molar-refractivity contribution in [2.75, 3.05) is 4.95 Å². The fourth-order valence-corrected chi connectivity index (χ4v) is 1.16. The Hall–Kier alpha value is 0.137. The van der Waals surface area contributed by atoms with Crippen LogP contribution in [0.3, 0.4) is 0 Å². The molecule has 0 unspecified atom stereocenters. The van der Waals surface area contributed by atoms with Gasteiger partial charge in [0.05, 0.1) is 6.10 Å². The molecule has 0 aliphatic carbocycles. The summed E-state index contributed by atoms with van der Waals surface area (Å²) >= 11 is 3.25. The summed E-state index contributed by atoms with van der Waals surface area (Å²) in [6, 6.07) is 0. The Morgan fingerprint density at radius 1 is 1.56 bits per heavy atom. The number of hydrogen-bond acceptors (Lipinski definition) is 1. The van der Waals surface area contributed by atoms with Gasteiger partial charge in [0.25, 0.3) is 0 Å². The molecule has 0 aliphatic rings. The Kier molecular flexibility index (Phi) is 6.35. The second-order valence-corrected chi connectivity index (χ2v) is 3.81. The third kappa shape index (κ3) is 4.63. The molecular weight excluding hydrogens is 196 g/mol. The predicted octanol–water partition coefficient (Wildman–Crippen LogP) is 1.72. The molecule has 1 nitrogen and oxygen atoms in total. The van der Waals surface area contributed by atoms with E-state index in [2.05, 4.69) is 29.1 Å². The third-order valence-corrected chi connectivity index (χ3v) is 1.97. The molecule has 0 rings (SSSR count). The number of rotatable bonds is 5. The molecule has 0 atom stereocenters. The Labute approximate surface area is 66.9 Å². The van der Waals surface area contributed by atoms with Crippen molar-refractivity contribution >= 4 is 25.7 Å². The number of halogens is 1. The quantitative estimate of drug-likeness (QED) is 0.377. The second kappa shape index (κ2) is 6.26. The lowest BCUT2D eigenvalue weighted by atomic mass is 10.4. The minimum atomic E-state index is 0.0147. The van der Waals surface area contributed by atoms with Crippen molar-refractivity contribution in [2.24, 2.45) is 0 Å². The lowest BCUT2D eigenvalue weighted by molar-refractivity contribution is 0.317. The summed E-state index contributed by atoms with van der Waals surface area (Å²) in [5.74, 6) is 0. The largest absolute Gasteiger partial charge is 0.407 e. The molecule has 50 valence electrons. The minimum Gasteiger partial charge on any atom is -0.407 e. The molecule has 0 spiro atoms. The first kappa shape index (κ1) is 9.14. The van der Waals surface area contributed by atoms with E-state index < -0.39 is 0 Å². The highest BCUT2D eigenvalue weighted by Gasteiger charge is 1.95. The van der Waals surface area contributed by atoms with E-state index in [9.17, 15) is 0 Å². The van der Waals surface area contributed by atoms with Crippen LogP contribution in [0.4, 0.5) is 0 Å². The van der Waals surface area contributed by atoms with Gasteiger partial charge in [-0.05, 0) is 0 Å². The zero-order valence-corrected chi connectivity index (χ0v) is 7.73. The molecule has 0 aromatic carbocycles. The van der Waals surface area contributed by atoms with Crippen molar-refractivity contribution < 1.29 is 4.43 Å². The summed E-state index contributed by atoms with van der Waals surface area (Å²) in [6.45, 7) is 7.16. The first-order chi connectivity index (χ1) is 4.35. The van der Waals surface area contributed by atoms with E-state index in [1.807, 2.05) is 0 Å². The van der Waals surface area contributed by atoms with Crippen LogP contribution in [-0.2, 0) is 4.43 Å². The van der Waals surface area contributed by atoms with Gasteiger partial charge in [0.2, 0.25) is 9.76 Å². The smallest absolute Gasteiger partial charge is 0.242 e. The lowest BCUT2D eigenvalue weighted by Gasteiger charge is -2.04. The maximum Gasteiger partial charge on any atom is 0.242 e. The summed E-state index contributed by atoms with van der Waals surface area (Å²) < 4.78 is 5.23. The standard InChI is InChI=1S/C6H9BrOSi/c1-3-6(4-2)8-9-5-7/h3-4,6H,1-2,5H2. The fourth-order valence-electron chi connectivity index (χ4n) is 0.320. The summed E-state index contributed by atoms with van der Waals surface area (Å²) in [6.07, 6.45) is 3.46. The summed E-state index contributed by atoms with van der Waals surface area (Å²) in [7, 11) is 0.483. The molecule has 0 N–H and O–H groups in total. The normalized spacial score (nSPS) is 9.56. The van der Waals surface area contributed by atoms with Gasteiger partial charge < -0.3 is 4.43 Å².